The summed E-state index contributed by atoms with van der Waals surface area (Å²) in [6.45, 7) is 4.89. The Morgan fingerprint density at radius 1 is 1.03 bits per heavy atom. The molecule has 0 amide bonds. The van der Waals surface area contributed by atoms with Gasteiger partial charge >= 0.3 is 0 Å². The molecule has 3 aliphatic rings. The molecule has 0 atom stereocenters. The van der Waals surface area contributed by atoms with Crippen LogP contribution in [0.5, 0.6) is 28.7 Å². The molecule has 0 spiro atoms. The fourth-order valence-electron chi connectivity index (χ4n) is 5.41. The van der Waals surface area contributed by atoms with E-state index in [1.165, 1.54) is 32.4 Å². The average Bonchev–Trinajstić information content (AvgIpc) is 3.77. The van der Waals surface area contributed by atoms with E-state index >= 15 is 0 Å². The Kier molecular flexibility index (Phi) is 8.07. The lowest BCUT2D eigenvalue weighted by Gasteiger charge is -2.26. The molecule has 8 heteroatoms. The summed E-state index contributed by atoms with van der Waals surface area (Å²) < 4.78 is 24.6. The lowest BCUT2D eigenvalue weighted by atomic mass is 10.0. The lowest BCUT2D eigenvalue weighted by Crippen LogP contribution is -2.31. The Balaban J connectivity index is 1.19. The largest absolute Gasteiger partial charge is 0.489 e. The van der Waals surface area contributed by atoms with Gasteiger partial charge in [0.15, 0.2) is 11.5 Å². The van der Waals surface area contributed by atoms with E-state index in [1.54, 1.807) is 18.3 Å². The number of halogens is 1. The van der Waals surface area contributed by atoms with Gasteiger partial charge in [-0.3, -0.25) is 9.78 Å². The van der Waals surface area contributed by atoms with Crippen LogP contribution in [-0.4, -0.2) is 55.1 Å². The standard InChI is InChI=1S/C31H35ClN2O5/c32-25-19-24(8-7-22(25)18-23(35)17-21-5-6-21)39-27-9-10-33-26-20-28(30-31(29(26)27)38-16-15-37-30)36-14-4-13-34-11-2-1-3-12-34/h7-10,19-21H,1-6,11-18H2. The Morgan fingerprint density at radius 3 is 2.64 bits per heavy atom. The van der Waals surface area contributed by atoms with Crippen molar-refractivity contribution in [3.8, 4) is 28.7 Å². The molecule has 206 valence electrons. The number of likely N-dealkylation sites (tertiary alicyclic amines) is 1. The zero-order chi connectivity index (χ0) is 26.6. The molecule has 39 heavy (non-hydrogen) atoms. The number of piperidine rings is 1. The first kappa shape index (κ1) is 26.2. The minimum absolute atomic E-state index is 0.237. The molecule has 3 heterocycles. The third kappa shape index (κ3) is 6.42. The van der Waals surface area contributed by atoms with Crippen LogP contribution in [0.1, 0.15) is 50.5 Å². The second-order valence-electron chi connectivity index (χ2n) is 10.8. The quantitative estimate of drug-likeness (QED) is 0.248. The predicted molar refractivity (Wildman–Crippen MR) is 151 cm³/mol. The number of carbonyl (C=O) groups excluding carboxylic acids is 1. The second kappa shape index (κ2) is 12.0. The summed E-state index contributed by atoms with van der Waals surface area (Å²) in [6, 6.07) is 9.19. The van der Waals surface area contributed by atoms with Crippen LogP contribution >= 0.6 is 11.6 Å². The summed E-state index contributed by atoms with van der Waals surface area (Å²) in [7, 11) is 0. The third-order valence-corrected chi connectivity index (χ3v) is 7.97. The van der Waals surface area contributed by atoms with Crippen molar-refractivity contribution in [1.82, 2.24) is 9.88 Å². The SMILES string of the molecule is O=C(Cc1ccc(Oc2ccnc3cc(OCCCN4CCCCC4)c4c(c23)OCCO4)cc1Cl)CC1CC1. The molecule has 1 saturated carbocycles. The van der Waals surface area contributed by atoms with Gasteiger partial charge in [-0.05, 0) is 74.9 Å². The Hall–Kier alpha value is -3.03. The van der Waals surface area contributed by atoms with Crippen LogP contribution in [0.4, 0.5) is 0 Å². The van der Waals surface area contributed by atoms with Crippen molar-refractivity contribution in [3.63, 3.8) is 0 Å². The lowest BCUT2D eigenvalue weighted by molar-refractivity contribution is -0.118. The second-order valence-corrected chi connectivity index (χ2v) is 11.2. The van der Waals surface area contributed by atoms with E-state index in [0.717, 1.165) is 36.8 Å². The van der Waals surface area contributed by atoms with E-state index in [4.69, 9.17) is 30.5 Å². The van der Waals surface area contributed by atoms with Crippen molar-refractivity contribution in [3.05, 3.63) is 47.1 Å². The Morgan fingerprint density at radius 2 is 1.85 bits per heavy atom. The number of ketones is 1. The molecule has 3 aromatic rings. The van der Waals surface area contributed by atoms with Crippen molar-refractivity contribution in [2.24, 2.45) is 5.92 Å². The highest BCUT2D eigenvalue weighted by Crippen LogP contribution is 2.48. The zero-order valence-corrected chi connectivity index (χ0v) is 23.0. The summed E-state index contributed by atoms with van der Waals surface area (Å²) in [5.74, 6) is 3.79. The monoisotopic (exact) mass is 550 g/mol. The van der Waals surface area contributed by atoms with Crippen LogP contribution < -0.4 is 18.9 Å². The number of hydrogen-bond donors (Lipinski definition) is 0. The number of nitrogens with zero attached hydrogens (tertiary/aromatic N) is 2. The number of ether oxygens (including phenoxy) is 4. The Labute approximate surface area is 234 Å². The van der Waals surface area contributed by atoms with E-state index in [-0.39, 0.29) is 5.78 Å². The highest BCUT2D eigenvalue weighted by molar-refractivity contribution is 6.31. The molecule has 0 radical (unpaired) electrons. The van der Waals surface area contributed by atoms with Crippen LogP contribution in [0.2, 0.25) is 5.02 Å². The van der Waals surface area contributed by atoms with Crippen molar-refractivity contribution in [1.29, 1.82) is 0 Å². The molecular formula is C31H35ClN2O5. The number of rotatable bonds is 11. The van der Waals surface area contributed by atoms with Crippen molar-refractivity contribution < 1.29 is 23.7 Å². The normalized spacial score (nSPS) is 17.3. The van der Waals surface area contributed by atoms with E-state index in [1.807, 2.05) is 18.2 Å². The summed E-state index contributed by atoms with van der Waals surface area (Å²) in [6.07, 6.45) is 9.91. The van der Waals surface area contributed by atoms with Crippen LogP contribution in [0.15, 0.2) is 36.5 Å². The molecule has 2 aliphatic heterocycles. The topological polar surface area (TPSA) is 70.1 Å². The van der Waals surface area contributed by atoms with Crippen LogP contribution in [-0.2, 0) is 11.2 Å². The summed E-state index contributed by atoms with van der Waals surface area (Å²) in [4.78, 5) is 19.4. The van der Waals surface area contributed by atoms with E-state index in [0.29, 0.717) is 77.9 Å². The first-order valence-electron chi connectivity index (χ1n) is 14.2. The molecule has 2 fully saturated rings. The summed E-state index contributed by atoms with van der Waals surface area (Å²) in [5, 5.41) is 1.25. The number of aromatic nitrogens is 1. The molecule has 0 bridgehead atoms. The molecule has 2 aromatic carbocycles. The number of benzene rings is 2. The number of carbonyl (C=O) groups is 1. The first-order chi connectivity index (χ1) is 19.1. The fourth-order valence-corrected chi connectivity index (χ4v) is 5.65. The average molecular weight is 551 g/mol. The van der Waals surface area contributed by atoms with Crippen LogP contribution in [0.25, 0.3) is 10.9 Å². The molecule has 1 aliphatic carbocycles. The van der Waals surface area contributed by atoms with Gasteiger partial charge in [0.1, 0.15) is 30.5 Å². The molecular weight excluding hydrogens is 516 g/mol. The van der Waals surface area contributed by atoms with E-state index in [9.17, 15) is 4.79 Å². The maximum Gasteiger partial charge on any atom is 0.204 e. The minimum atomic E-state index is 0.237. The van der Waals surface area contributed by atoms with Gasteiger partial charge in [-0.25, -0.2) is 0 Å². The van der Waals surface area contributed by atoms with Gasteiger partial charge in [0, 0.05) is 36.7 Å². The van der Waals surface area contributed by atoms with Crippen molar-refractivity contribution >= 4 is 28.3 Å². The first-order valence-corrected chi connectivity index (χ1v) is 14.6. The minimum Gasteiger partial charge on any atom is -0.489 e. The van der Waals surface area contributed by atoms with E-state index in [2.05, 4.69) is 9.88 Å². The summed E-state index contributed by atoms with van der Waals surface area (Å²) >= 11 is 6.55. The highest BCUT2D eigenvalue weighted by Gasteiger charge is 2.26. The summed E-state index contributed by atoms with van der Waals surface area (Å²) in [5.41, 5.74) is 1.53. The van der Waals surface area contributed by atoms with Crippen LogP contribution in [0.3, 0.4) is 0 Å². The molecule has 0 N–H and O–H groups in total. The maximum absolute atomic E-state index is 12.3. The van der Waals surface area contributed by atoms with Gasteiger partial charge in [0.05, 0.1) is 17.5 Å². The van der Waals surface area contributed by atoms with Gasteiger partial charge in [0.2, 0.25) is 5.75 Å². The fraction of sp³-hybridized carbons (Fsp3) is 0.484. The van der Waals surface area contributed by atoms with Crippen LogP contribution in [0, 0.1) is 5.92 Å². The smallest absolute Gasteiger partial charge is 0.204 e. The molecule has 6 rings (SSSR count). The van der Waals surface area contributed by atoms with Gasteiger partial charge < -0.3 is 23.8 Å². The number of pyridine rings is 1. The molecule has 1 saturated heterocycles. The molecule has 7 nitrogen and oxygen atoms in total. The van der Waals surface area contributed by atoms with Gasteiger partial charge in [-0.15, -0.1) is 0 Å². The molecule has 0 unspecified atom stereocenters. The van der Waals surface area contributed by atoms with E-state index < -0.39 is 0 Å². The van der Waals surface area contributed by atoms with Gasteiger partial charge in [-0.2, -0.15) is 0 Å². The third-order valence-electron chi connectivity index (χ3n) is 7.62. The zero-order valence-electron chi connectivity index (χ0n) is 22.3. The van der Waals surface area contributed by atoms with Gasteiger partial charge in [0.25, 0.3) is 0 Å². The number of hydrogen-bond acceptors (Lipinski definition) is 7. The predicted octanol–water partition coefficient (Wildman–Crippen LogP) is 6.62. The molecule has 1 aromatic heterocycles. The number of fused-ring (bicyclic) bond motifs is 3. The highest BCUT2D eigenvalue weighted by atomic mass is 35.5. The maximum atomic E-state index is 12.3. The van der Waals surface area contributed by atoms with Gasteiger partial charge in [-0.1, -0.05) is 24.1 Å². The van der Waals surface area contributed by atoms with Crippen molar-refractivity contribution in [2.75, 3.05) is 39.5 Å². The van der Waals surface area contributed by atoms with Crippen molar-refractivity contribution in [2.45, 2.75) is 51.4 Å². The number of Topliss-reactive ketones (excluding diaryl/α,β-unsaturated/α-hetero) is 1. The Bertz CT molecular complexity index is 1340.